The zero-order valence-corrected chi connectivity index (χ0v) is 20.1. The third-order valence-electron chi connectivity index (χ3n) is 5.75. The second kappa shape index (κ2) is 9.43. The minimum Gasteiger partial charge on any atom is -0.143 e. The van der Waals surface area contributed by atoms with Gasteiger partial charge in [0.25, 0.3) is 0 Å². The number of unbranched alkanes of at least 4 members (excludes halogenated alkanes) is 2. The van der Waals surface area contributed by atoms with Gasteiger partial charge < -0.3 is 0 Å². The Morgan fingerprint density at radius 1 is 0.594 bits per heavy atom. The van der Waals surface area contributed by atoms with Gasteiger partial charge >= 0.3 is 0 Å². The van der Waals surface area contributed by atoms with E-state index in [-0.39, 0.29) is 0 Å². The summed E-state index contributed by atoms with van der Waals surface area (Å²) in [6.07, 6.45) is 6.70. The third-order valence-corrected chi connectivity index (χ3v) is 7.82. The number of benzene rings is 3. The van der Waals surface area contributed by atoms with E-state index in [0.717, 1.165) is 56.8 Å². The molecule has 0 unspecified atom stereocenters. The monoisotopic (exact) mass is 458 g/mol. The Morgan fingerprint density at radius 2 is 1.16 bits per heavy atom. The molecule has 0 spiro atoms. The number of hydrogen-bond donors (Lipinski definition) is 0. The van der Waals surface area contributed by atoms with E-state index in [9.17, 15) is 0 Å². The van der Waals surface area contributed by atoms with E-state index in [4.69, 9.17) is 0 Å². The molecule has 4 nitrogen and oxygen atoms in total. The SMILES string of the molecule is CCCCc1nnc(-c2ccc3c(ccc4ccc(-c5nnc(CCCC)s5)cc43)c2)s1. The molecule has 2 heterocycles. The van der Waals surface area contributed by atoms with Crippen molar-refractivity contribution in [3.63, 3.8) is 0 Å². The van der Waals surface area contributed by atoms with Crippen LogP contribution in [0.25, 0.3) is 42.7 Å². The molecule has 0 aliphatic heterocycles. The fourth-order valence-electron chi connectivity index (χ4n) is 3.92. The second-order valence-electron chi connectivity index (χ2n) is 8.15. The average Bonchev–Trinajstić information content (AvgIpc) is 3.50. The Labute approximate surface area is 196 Å². The highest BCUT2D eigenvalue weighted by molar-refractivity contribution is 7.15. The van der Waals surface area contributed by atoms with E-state index in [2.05, 4.69) is 82.8 Å². The summed E-state index contributed by atoms with van der Waals surface area (Å²) in [7, 11) is 0. The van der Waals surface area contributed by atoms with E-state index >= 15 is 0 Å². The van der Waals surface area contributed by atoms with Crippen molar-refractivity contribution < 1.29 is 0 Å². The van der Waals surface area contributed by atoms with Crippen LogP contribution in [0, 0.1) is 0 Å². The van der Waals surface area contributed by atoms with Crippen LogP contribution in [-0.4, -0.2) is 20.4 Å². The quantitative estimate of drug-likeness (QED) is 0.223. The van der Waals surface area contributed by atoms with Gasteiger partial charge in [0.2, 0.25) is 0 Å². The lowest BCUT2D eigenvalue weighted by Crippen LogP contribution is -1.83. The molecule has 162 valence electrons. The number of hydrogen-bond acceptors (Lipinski definition) is 6. The molecular formula is C26H26N4S2. The number of aryl methyl sites for hydroxylation is 2. The van der Waals surface area contributed by atoms with Gasteiger partial charge in [0.1, 0.15) is 20.0 Å². The molecule has 5 aromatic rings. The van der Waals surface area contributed by atoms with Gasteiger partial charge in [-0.2, -0.15) is 0 Å². The smallest absolute Gasteiger partial charge is 0.143 e. The molecule has 0 saturated heterocycles. The standard InChI is InChI=1S/C26H26N4S2/c1-3-5-7-23-27-29-25(31-23)19-13-14-21-18(15-19)11-9-17-10-12-20(16-22(17)21)26-30-28-24(32-26)8-6-4-2/h9-16H,3-8H2,1-2H3. The van der Waals surface area contributed by atoms with Crippen LogP contribution in [0.3, 0.4) is 0 Å². The first kappa shape index (κ1) is 21.2. The molecule has 0 fully saturated rings. The molecular weight excluding hydrogens is 432 g/mol. The zero-order chi connectivity index (χ0) is 21.9. The first-order chi connectivity index (χ1) is 15.7. The molecule has 6 heteroatoms. The Bertz CT molecular complexity index is 1370. The van der Waals surface area contributed by atoms with Crippen molar-refractivity contribution in [3.05, 3.63) is 58.5 Å². The predicted octanol–water partition coefficient (Wildman–Crippen LogP) is 7.72. The first-order valence-electron chi connectivity index (χ1n) is 11.4. The maximum absolute atomic E-state index is 4.46. The summed E-state index contributed by atoms with van der Waals surface area (Å²) in [5.74, 6) is 0. The lowest BCUT2D eigenvalue weighted by molar-refractivity contribution is 0.780. The van der Waals surface area contributed by atoms with Crippen LogP contribution < -0.4 is 0 Å². The van der Waals surface area contributed by atoms with Crippen LogP contribution in [-0.2, 0) is 12.8 Å². The van der Waals surface area contributed by atoms with Gasteiger partial charge in [-0.25, -0.2) is 0 Å². The molecule has 3 aromatic carbocycles. The van der Waals surface area contributed by atoms with Gasteiger partial charge in [0.05, 0.1) is 0 Å². The van der Waals surface area contributed by atoms with E-state index in [1.54, 1.807) is 22.7 Å². The lowest BCUT2D eigenvalue weighted by atomic mass is 9.99. The minimum atomic E-state index is 1.00. The molecule has 0 bridgehead atoms. The third kappa shape index (κ3) is 4.30. The molecule has 32 heavy (non-hydrogen) atoms. The van der Waals surface area contributed by atoms with Crippen LogP contribution in [0.1, 0.15) is 49.5 Å². The summed E-state index contributed by atoms with van der Waals surface area (Å²) >= 11 is 3.42. The van der Waals surface area contributed by atoms with E-state index < -0.39 is 0 Å². The van der Waals surface area contributed by atoms with Gasteiger partial charge in [-0.1, -0.05) is 85.8 Å². The van der Waals surface area contributed by atoms with Gasteiger partial charge in [-0.15, -0.1) is 20.4 Å². The van der Waals surface area contributed by atoms with Crippen molar-refractivity contribution in [2.45, 2.75) is 52.4 Å². The predicted molar refractivity (Wildman–Crippen MR) is 136 cm³/mol. The summed E-state index contributed by atoms with van der Waals surface area (Å²) in [5, 5.41) is 26.9. The lowest BCUT2D eigenvalue weighted by Gasteiger charge is -2.07. The van der Waals surface area contributed by atoms with Crippen LogP contribution in [0.5, 0.6) is 0 Å². The molecule has 5 rings (SSSR count). The number of rotatable bonds is 8. The largest absolute Gasteiger partial charge is 0.147 e. The minimum absolute atomic E-state index is 1.00. The molecule has 0 radical (unpaired) electrons. The van der Waals surface area contributed by atoms with Crippen molar-refractivity contribution in [2.24, 2.45) is 0 Å². The fourth-order valence-corrected chi connectivity index (χ4v) is 5.68. The van der Waals surface area contributed by atoms with Crippen molar-refractivity contribution >= 4 is 44.2 Å². The van der Waals surface area contributed by atoms with Gasteiger partial charge in [-0.05, 0) is 46.5 Å². The summed E-state index contributed by atoms with van der Waals surface area (Å²) < 4.78 is 0. The van der Waals surface area contributed by atoms with E-state index in [0.29, 0.717) is 0 Å². The van der Waals surface area contributed by atoms with Crippen molar-refractivity contribution in [2.75, 3.05) is 0 Å². The maximum atomic E-state index is 4.46. The van der Waals surface area contributed by atoms with Crippen LogP contribution in [0.2, 0.25) is 0 Å². The van der Waals surface area contributed by atoms with E-state index in [1.165, 1.54) is 34.4 Å². The van der Waals surface area contributed by atoms with Crippen molar-refractivity contribution in [1.29, 1.82) is 0 Å². The Balaban J connectivity index is 1.50. The highest BCUT2D eigenvalue weighted by Crippen LogP contribution is 2.34. The molecule has 0 aliphatic carbocycles. The number of aromatic nitrogens is 4. The van der Waals surface area contributed by atoms with Crippen LogP contribution in [0.4, 0.5) is 0 Å². The van der Waals surface area contributed by atoms with Crippen molar-refractivity contribution in [1.82, 2.24) is 20.4 Å². The molecule has 0 amide bonds. The Kier molecular flexibility index (Phi) is 6.23. The second-order valence-corrected chi connectivity index (χ2v) is 10.3. The molecule has 0 aliphatic rings. The summed E-state index contributed by atoms with van der Waals surface area (Å²) in [6.45, 7) is 4.41. The Hall–Kier alpha value is -2.70. The average molecular weight is 459 g/mol. The number of nitrogens with zero attached hydrogens (tertiary/aromatic N) is 4. The summed E-state index contributed by atoms with van der Waals surface area (Å²) in [5.41, 5.74) is 2.27. The maximum Gasteiger partial charge on any atom is 0.147 e. The normalized spacial score (nSPS) is 11.6. The zero-order valence-electron chi connectivity index (χ0n) is 18.5. The fraction of sp³-hybridized carbons (Fsp3) is 0.308. The topological polar surface area (TPSA) is 51.6 Å². The molecule has 0 N–H and O–H groups in total. The molecule has 0 atom stereocenters. The summed E-state index contributed by atoms with van der Waals surface area (Å²) in [6, 6.07) is 17.6. The Morgan fingerprint density at radius 3 is 1.81 bits per heavy atom. The van der Waals surface area contributed by atoms with Crippen LogP contribution >= 0.6 is 22.7 Å². The molecule has 2 aromatic heterocycles. The molecule has 0 saturated carbocycles. The van der Waals surface area contributed by atoms with Crippen molar-refractivity contribution in [3.8, 4) is 21.1 Å². The number of fused-ring (bicyclic) bond motifs is 3. The highest BCUT2D eigenvalue weighted by atomic mass is 32.1. The van der Waals surface area contributed by atoms with Gasteiger partial charge in [0.15, 0.2) is 0 Å². The highest BCUT2D eigenvalue weighted by Gasteiger charge is 2.11. The summed E-state index contributed by atoms with van der Waals surface area (Å²) in [4.78, 5) is 0. The first-order valence-corrected chi connectivity index (χ1v) is 13.0. The van der Waals surface area contributed by atoms with Gasteiger partial charge in [-0.3, -0.25) is 0 Å². The van der Waals surface area contributed by atoms with Crippen LogP contribution in [0.15, 0.2) is 48.5 Å². The van der Waals surface area contributed by atoms with Gasteiger partial charge in [0, 0.05) is 24.0 Å². The van der Waals surface area contributed by atoms with E-state index in [1.807, 2.05) is 0 Å².